The molecule has 0 heterocycles. The number of amides is 1. The lowest BCUT2D eigenvalue weighted by Crippen LogP contribution is -2.20. The van der Waals surface area contributed by atoms with Crippen molar-refractivity contribution in [1.29, 1.82) is 0 Å². The summed E-state index contributed by atoms with van der Waals surface area (Å²) in [6.45, 7) is 4.96. The number of halogens is 2. The zero-order valence-corrected chi connectivity index (χ0v) is 17.4. The van der Waals surface area contributed by atoms with Gasteiger partial charge in [-0.2, -0.15) is 0 Å². The van der Waals surface area contributed by atoms with Crippen LogP contribution in [0, 0.1) is 5.92 Å². The smallest absolute Gasteiger partial charge is 0.262 e. The lowest BCUT2D eigenvalue weighted by Gasteiger charge is -2.11. The molecule has 1 N–H and O–H groups in total. The van der Waals surface area contributed by atoms with Crippen LogP contribution >= 0.6 is 31.9 Å². The van der Waals surface area contributed by atoms with Gasteiger partial charge in [0, 0.05) is 10.2 Å². The average molecular weight is 471 g/mol. The van der Waals surface area contributed by atoms with Crippen LogP contribution in [0.3, 0.4) is 0 Å². The van der Waals surface area contributed by atoms with Gasteiger partial charge in [-0.15, -0.1) is 0 Å². The van der Waals surface area contributed by atoms with Gasteiger partial charge in [-0.05, 0) is 70.7 Å². The van der Waals surface area contributed by atoms with E-state index in [0.29, 0.717) is 24.0 Å². The molecule has 0 aliphatic heterocycles. The van der Waals surface area contributed by atoms with Crippen LogP contribution in [0.15, 0.2) is 51.4 Å². The van der Waals surface area contributed by atoms with Crippen LogP contribution in [0.1, 0.15) is 20.3 Å². The third kappa shape index (κ3) is 7.08. The molecule has 2 aromatic carbocycles. The average Bonchev–Trinajstić information content (AvgIpc) is 2.55. The summed E-state index contributed by atoms with van der Waals surface area (Å²) in [6.07, 6.45) is 1.02. The number of hydrogen-bond donors (Lipinski definition) is 1. The number of carbonyl (C=O) groups excluding carboxylic acids is 1. The third-order valence-corrected chi connectivity index (χ3v) is 4.47. The van der Waals surface area contributed by atoms with Gasteiger partial charge in [-0.25, -0.2) is 0 Å². The Morgan fingerprint density at radius 2 is 1.80 bits per heavy atom. The van der Waals surface area contributed by atoms with Gasteiger partial charge in [-0.1, -0.05) is 29.8 Å². The van der Waals surface area contributed by atoms with E-state index in [-0.39, 0.29) is 12.5 Å². The van der Waals surface area contributed by atoms with Crippen molar-refractivity contribution in [3.8, 4) is 11.5 Å². The molecule has 6 heteroatoms. The van der Waals surface area contributed by atoms with Gasteiger partial charge in [0.2, 0.25) is 0 Å². The van der Waals surface area contributed by atoms with Gasteiger partial charge in [0.15, 0.2) is 6.61 Å². The molecule has 4 nitrogen and oxygen atoms in total. The molecule has 0 aromatic heterocycles. The third-order valence-electron chi connectivity index (χ3n) is 3.35. The summed E-state index contributed by atoms with van der Waals surface area (Å²) in [7, 11) is 0. The van der Waals surface area contributed by atoms with Crippen LogP contribution in [0.25, 0.3) is 0 Å². The number of anilines is 1. The van der Waals surface area contributed by atoms with Crippen LogP contribution in [0.5, 0.6) is 11.5 Å². The highest BCUT2D eigenvalue weighted by Gasteiger charge is 2.07. The zero-order chi connectivity index (χ0) is 18.2. The lowest BCUT2D eigenvalue weighted by molar-refractivity contribution is -0.118. The first-order valence-electron chi connectivity index (χ1n) is 8.04. The van der Waals surface area contributed by atoms with Gasteiger partial charge in [0.1, 0.15) is 11.5 Å². The molecule has 0 saturated heterocycles. The Morgan fingerprint density at radius 1 is 1.08 bits per heavy atom. The van der Waals surface area contributed by atoms with Gasteiger partial charge in [0.05, 0.1) is 11.1 Å². The van der Waals surface area contributed by atoms with E-state index in [1.54, 1.807) is 6.07 Å². The topological polar surface area (TPSA) is 47.6 Å². The standard InChI is InChI=1S/C19H21Br2NO3/c1-13(2)9-10-24-16-6-4-15(5-7-16)22-19(23)12-25-18-8-3-14(20)11-17(18)21/h3-8,11,13H,9-10,12H2,1-2H3,(H,22,23). The normalized spacial score (nSPS) is 10.6. The van der Waals surface area contributed by atoms with Crippen molar-refractivity contribution in [2.45, 2.75) is 20.3 Å². The molecular formula is C19H21Br2NO3. The van der Waals surface area contributed by atoms with E-state index in [1.807, 2.05) is 36.4 Å². The van der Waals surface area contributed by atoms with E-state index in [0.717, 1.165) is 21.1 Å². The number of hydrogen-bond acceptors (Lipinski definition) is 3. The molecule has 0 bridgehead atoms. The SMILES string of the molecule is CC(C)CCOc1ccc(NC(=O)COc2ccc(Br)cc2Br)cc1. The molecule has 0 spiro atoms. The van der Waals surface area contributed by atoms with Crippen LogP contribution in [0.4, 0.5) is 5.69 Å². The maximum Gasteiger partial charge on any atom is 0.262 e. The van der Waals surface area contributed by atoms with E-state index in [2.05, 4.69) is 51.0 Å². The first-order valence-corrected chi connectivity index (χ1v) is 9.63. The van der Waals surface area contributed by atoms with Crippen molar-refractivity contribution in [2.24, 2.45) is 5.92 Å². The Bertz CT molecular complexity index is 702. The van der Waals surface area contributed by atoms with E-state index in [4.69, 9.17) is 9.47 Å². The van der Waals surface area contributed by atoms with E-state index >= 15 is 0 Å². The van der Waals surface area contributed by atoms with Crippen LogP contribution < -0.4 is 14.8 Å². The fourth-order valence-corrected chi connectivity index (χ4v) is 3.14. The van der Waals surface area contributed by atoms with Gasteiger partial charge < -0.3 is 14.8 Å². The van der Waals surface area contributed by atoms with Crippen LogP contribution in [-0.2, 0) is 4.79 Å². The zero-order valence-electron chi connectivity index (χ0n) is 14.2. The van der Waals surface area contributed by atoms with Crippen LogP contribution in [0.2, 0.25) is 0 Å². The second kappa shape index (κ2) is 9.82. The summed E-state index contributed by atoms with van der Waals surface area (Å²) < 4.78 is 12.9. The number of carbonyl (C=O) groups is 1. The van der Waals surface area contributed by atoms with Crippen molar-refractivity contribution in [3.63, 3.8) is 0 Å². The molecule has 0 aliphatic carbocycles. The molecule has 134 valence electrons. The Balaban J connectivity index is 1.80. The van der Waals surface area contributed by atoms with Gasteiger partial charge in [-0.3, -0.25) is 4.79 Å². The first kappa shape index (κ1) is 19.8. The summed E-state index contributed by atoms with van der Waals surface area (Å²) in [4.78, 5) is 12.0. The second-order valence-electron chi connectivity index (χ2n) is 5.97. The molecule has 0 radical (unpaired) electrons. The Hall–Kier alpha value is -1.53. The summed E-state index contributed by atoms with van der Waals surface area (Å²) >= 11 is 6.77. The number of benzene rings is 2. The Morgan fingerprint density at radius 3 is 2.44 bits per heavy atom. The highest BCUT2D eigenvalue weighted by molar-refractivity contribution is 9.11. The summed E-state index contributed by atoms with van der Waals surface area (Å²) in [6, 6.07) is 12.9. The minimum absolute atomic E-state index is 0.0626. The fraction of sp³-hybridized carbons (Fsp3) is 0.316. The van der Waals surface area contributed by atoms with E-state index < -0.39 is 0 Å². The quantitative estimate of drug-likeness (QED) is 0.541. The van der Waals surface area contributed by atoms with Crippen molar-refractivity contribution in [1.82, 2.24) is 0 Å². The first-order chi connectivity index (χ1) is 11.9. The lowest BCUT2D eigenvalue weighted by atomic mass is 10.1. The van der Waals surface area contributed by atoms with Crippen molar-refractivity contribution in [2.75, 3.05) is 18.5 Å². The minimum atomic E-state index is -0.219. The molecule has 2 aromatic rings. The van der Waals surface area contributed by atoms with Crippen molar-refractivity contribution >= 4 is 43.5 Å². The monoisotopic (exact) mass is 469 g/mol. The molecule has 0 aliphatic rings. The highest BCUT2D eigenvalue weighted by atomic mass is 79.9. The number of rotatable bonds is 8. The van der Waals surface area contributed by atoms with E-state index in [1.165, 1.54) is 0 Å². The Labute approximate surface area is 165 Å². The highest BCUT2D eigenvalue weighted by Crippen LogP contribution is 2.28. The molecule has 1 amide bonds. The predicted molar refractivity (Wildman–Crippen MR) is 107 cm³/mol. The van der Waals surface area contributed by atoms with Gasteiger partial charge in [0.25, 0.3) is 5.91 Å². The maximum atomic E-state index is 12.0. The molecule has 0 atom stereocenters. The summed E-state index contributed by atoms with van der Waals surface area (Å²) in [5.41, 5.74) is 0.708. The summed E-state index contributed by atoms with van der Waals surface area (Å²) in [5.74, 6) is 1.81. The molecule has 25 heavy (non-hydrogen) atoms. The molecule has 0 fully saturated rings. The second-order valence-corrected chi connectivity index (χ2v) is 7.74. The van der Waals surface area contributed by atoms with Gasteiger partial charge >= 0.3 is 0 Å². The minimum Gasteiger partial charge on any atom is -0.494 e. The predicted octanol–water partition coefficient (Wildman–Crippen LogP) is 5.65. The fourth-order valence-electron chi connectivity index (χ4n) is 1.98. The summed E-state index contributed by atoms with van der Waals surface area (Å²) in [5, 5.41) is 2.80. The van der Waals surface area contributed by atoms with Crippen LogP contribution in [-0.4, -0.2) is 19.1 Å². The molecule has 0 saturated carbocycles. The maximum absolute atomic E-state index is 12.0. The Kier molecular flexibility index (Phi) is 7.78. The molecular weight excluding hydrogens is 450 g/mol. The van der Waals surface area contributed by atoms with Crippen molar-refractivity contribution < 1.29 is 14.3 Å². The number of nitrogens with one attached hydrogen (secondary N) is 1. The molecule has 2 rings (SSSR count). The largest absolute Gasteiger partial charge is 0.494 e. The van der Waals surface area contributed by atoms with Crippen molar-refractivity contribution in [3.05, 3.63) is 51.4 Å². The van der Waals surface area contributed by atoms with E-state index in [9.17, 15) is 4.79 Å². The number of ether oxygens (including phenoxy) is 2. The molecule has 0 unspecified atom stereocenters.